The highest BCUT2D eigenvalue weighted by Crippen LogP contribution is 2.07. The van der Waals surface area contributed by atoms with Gasteiger partial charge in [-0.05, 0) is 5.92 Å². The molecule has 7 heteroatoms. The van der Waals surface area contributed by atoms with Gasteiger partial charge in [0, 0.05) is 13.7 Å². The van der Waals surface area contributed by atoms with Crippen molar-refractivity contribution in [1.82, 2.24) is 10.6 Å². The van der Waals surface area contributed by atoms with Crippen molar-refractivity contribution in [2.24, 2.45) is 5.92 Å². The SMILES string of the molecule is CCC(C)C(NC(=O)NCCOCCOC)C(=O)O. The summed E-state index contributed by atoms with van der Waals surface area (Å²) in [4.78, 5) is 22.5. The molecule has 19 heavy (non-hydrogen) atoms. The quantitative estimate of drug-likeness (QED) is 0.503. The molecule has 0 aromatic heterocycles. The van der Waals surface area contributed by atoms with Crippen molar-refractivity contribution in [3.63, 3.8) is 0 Å². The van der Waals surface area contributed by atoms with Gasteiger partial charge < -0.3 is 25.2 Å². The Morgan fingerprint density at radius 1 is 1.26 bits per heavy atom. The highest BCUT2D eigenvalue weighted by atomic mass is 16.5. The standard InChI is InChI=1S/C12H24N2O5/c1-4-9(2)10(11(15)16)14-12(17)13-5-6-19-8-7-18-3/h9-10H,4-8H2,1-3H3,(H,15,16)(H2,13,14,17). The molecule has 0 radical (unpaired) electrons. The fourth-order valence-electron chi connectivity index (χ4n) is 1.36. The molecule has 2 unspecified atom stereocenters. The van der Waals surface area contributed by atoms with E-state index in [1.807, 2.05) is 6.92 Å². The highest BCUT2D eigenvalue weighted by molar-refractivity contribution is 5.82. The van der Waals surface area contributed by atoms with Gasteiger partial charge in [0.1, 0.15) is 6.04 Å². The molecule has 2 amide bonds. The van der Waals surface area contributed by atoms with Crippen LogP contribution in [-0.2, 0) is 14.3 Å². The number of carbonyl (C=O) groups is 2. The molecule has 7 nitrogen and oxygen atoms in total. The van der Waals surface area contributed by atoms with Crippen molar-refractivity contribution in [3.05, 3.63) is 0 Å². The number of nitrogens with one attached hydrogen (secondary N) is 2. The van der Waals surface area contributed by atoms with Crippen molar-refractivity contribution in [2.75, 3.05) is 33.5 Å². The predicted molar refractivity (Wildman–Crippen MR) is 70.1 cm³/mol. The van der Waals surface area contributed by atoms with E-state index in [4.69, 9.17) is 14.6 Å². The van der Waals surface area contributed by atoms with E-state index in [1.54, 1.807) is 14.0 Å². The van der Waals surface area contributed by atoms with Gasteiger partial charge >= 0.3 is 12.0 Å². The summed E-state index contributed by atoms with van der Waals surface area (Å²) in [5, 5.41) is 14.0. The van der Waals surface area contributed by atoms with Gasteiger partial charge in [-0.3, -0.25) is 0 Å². The molecule has 3 N–H and O–H groups in total. The second kappa shape index (κ2) is 10.6. The zero-order valence-corrected chi connectivity index (χ0v) is 11.8. The number of urea groups is 1. The number of carboxylic acids is 1. The van der Waals surface area contributed by atoms with Crippen LogP contribution in [0.15, 0.2) is 0 Å². The fourth-order valence-corrected chi connectivity index (χ4v) is 1.36. The number of ether oxygens (including phenoxy) is 2. The number of hydrogen-bond acceptors (Lipinski definition) is 4. The third-order valence-corrected chi connectivity index (χ3v) is 2.73. The smallest absolute Gasteiger partial charge is 0.326 e. The van der Waals surface area contributed by atoms with E-state index in [1.165, 1.54) is 0 Å². The summed E-state index contributed by atoms with van der Waals surface area (Å²) in [5.41, 5.74) is 0. The second-order valence-corrected chi connectivity index (χ2v) is 4.21. The third kappa shape index (κ3) is 8.39. The van der Waals surface area contributed by atoms with Crippen LogP contribution in [0.4, 0.5) is 4.79 Å². The van der Waals surface area contributed by atoms with Crippen molar-refractivity contribution in [2.45, 2.75) is 26.3 Å². The largest absolute Gasteiger partial charge is 0.480 e. The van der Waals surface area contributed by atoms with Gasteiger partial charge in [-0.1, -0.05) is 20.3 Å². The first-order valence-electron chi connectivity index (χ1n) is 6.36. The lowest BCUT2D eigenvalue weighted by Gasteiger charge is -2.20. The normalized spacial score (nSPS) is 13.6. The maximum Gasteiger partial charge on any atom is 0.326 e. The van der Waals surface area contributed by atoms with Crippen molar-refractivity contribution in [1.29, 1.82) is 0 Å². The van der Waals surface area contributed by atoms with Crippen LogP contribution in [-0.4, -0.2) is 56.6 Å². The zero-order chi connectivity index (χ0) is 14.7. The molecular weight excluding hydrogens is 252 g/mol. The van der Waals surface area contributed by atoms with Crippen LogP contribution < -0.4 is 10.6 Å². The zero-order valence-electron chi connectivity index (χ0n) is 11.8. The Kier molecular flexibility index (Phi) is 9.82. The third-order valence-electron chi connectivity index (χ3n) is 2.73. The van der Waals surface area contributed by atoms with Gasteiger partial charge in [-0.25, -0.2) is 9.59 Å². The number of amides is 2. The van der Waals surface area contributed by atoms with E-state index in [0.29, 0.717) is 32.8 Å². The molecule has 0 saturated heterocycles. The lowest BCUT2D eigenvalue weighted by Crippen LogP contribution is -2.49. The fraction of sp³-hybridized carbons (Fsp3) is 0.833. The van der Waals surface area contributed by atoms with Crippen molar-refractivity contribution >= 4 is 12.0 Å². The van der Waals surface area contributed by atoms with E-state index in [0.717, 1.165) is 0 Å². The van der Waals surface area contributed by atoms with Crippen LogP contribution in [0, 0.1) is 5.92 Å². The molecule has 0 saturated carbocycles. The Labute approximate surface area is 113 Å². The number of methoxy groups -OCH3 is 1. The molecule has 0 fully saturated rings. The van der Waals surface area contributed by atoms with Gasteiger partial charge in [-0.15, -0.1) is 0 Å². The minimum absolute atomic E-state index is 0.124. The minimum Gasteiger partial charge on any atom is -0.480 e. The Balaban J connectivity index is 3.85. The van der Waals surface area contributed by atoms with E-state index in [9.17, 15) is 9.59 Å². The summed E-state index contributed by atoms with van der Waals surface area (Å²) in [6.45, 7) is 5.31. The van der Waals surface area contributed by atoms with Crippen LogP contribution in [0.5, 0.6) is 0 Å². The lowest BCUT2D eigenvalue weighted by atomic mass is 9.99. The topological polar surface area (TPSA) is 96.9 Å². The summed E-state index contributed by atoms with van der Waals surface area (Å²) in [6, 6.07) is -1.37. The van der Waals surface area contributed by atoms with Crippen molar-refractivity contribution < 1.29 is 24.2 Å². The van der Waals surface area contributed by atoms with Gasteiger partial charge in [-0.2, -0.15) is 0 Å². The summed E-state index contributed by atoms with van der Waals surface area (Å²) in [7, 11) is 1.58. The molecule has 2 atom stereocenters. The van der Waals surface area contributed by atoms with Crippen LogP contribution in [0.3, 0.4) is 0 Å². The molecule has 0 bridgehead atoms. The molecule has 0 spiro atoms. The number of hydrogen-bond donors (Lipinski definition) is 3. The second-order valence-electron chi connectivity index (χ2n) is 4.21. The predicted octanol–water partition coefficient (Wildman–Crippen LogP) is 0.448. The average molecular weight is 276 g/mol. The first-order valence-corrected chi connectivity index (χ1v) is 6.36. The summed E-state index contributed by atoms with van der Waals surface area (Å²) in [6.07, 6.45) is 0.678. The molecule has 0 rings (SSSR count). The van der Waals surface area contributed by atoms with Crippen LogP contribution in [0.1, 0.15) is 20.3 Å². The van der Waals surface area contributed by atoms with Crippen molar-refractivity contribution in [3.8, 4) is 0 Å². The van der Waals surface area contributed by atoms with Crippen LogP contribution in [0.2, 0.25) is 0 Å². The monoisotopic (exact) mass is 276 g/mol. The van der Waals surface area contributed by atoms with E-state index < -0.39 is 18.0 Å². The van der Waals surface area contributed by atoms with Gasteiger partial charge in [0.25, 0.3) is 0 Å². The number of carbonyl (C=O) groups excluding carboxylic acids is 1. The molecule has 0 aromatic rings. The summed E-state index contributed by atoms with van der Waals surface area (Å²) in [5.74, 6) is -1.15. The van der Waals surface area contributed by atoms with Crippen LogP contribution in [0.25, 0.3) is 0 Å². The van der Waals surface area contributed by atoms with Gasteiger partial charge in [0.2, 0.25) is 0 Å². The molecule has 0 aliphatic rings. The van der Waals surface area contributed by atoms with E-state index >= 15 is 0 Å². The molecule has 112 valence electrons. The Hall–Kier alpha value is -1.34. The highest BCUT2D eigenvalue weighted by Gasteiger charge is 2.24. The molecule has 0 aliphatic carbocycles. The van der Waals surface area contributed by atoms with Gasteiger partial charge in [0.05, 0.1) is 19.8 Å². The molecule has 0 aromatic carbocycles. The first kappa shape index (κ1) is 17.7. The molecule has 0 heterocycles. The maximum absolute atomic E-state index is 11.5. The first-order chi connectivity index (χ1) is 9.02. The number of carboxylic acid groups (broad SMARTS) is 1. The Morgan fingerprint density at radius 3 is 2.47 bits per heavy atom. The number of aliphatic carboxylic acids is 1. The van der Waals surface area contributed by atoms with Crippen LogP contribution >= 0.6 is 0 Å². The lowest BCUT2D eigenvalue weighted by molar-refractivity contribution is -0.140. The molecular formula is C12H24N2O5. The summed E-state index contributed by atoms with van der Waals surface area (Å²) >= 11 is 0. The van der Waals surface area contributed by atoms with Gasteiger partial charge in [0.15, 0.2) is 0 Å². The summed E-state index contributed by atoms with van der Waals surface area (Å²) < 4.78 is 9.96. The maximum atomic E-state index is 11.5. The van der Waals surface area contributed by atoms with E-state index in [2.05, 4.69) is 10.6 Å². The Morgan fingerprint density at radius 2 is 1.95 bits per heavy atom. The molecule has 0 aliphatic heterocycles. The minimum atomic E-state index is -1.03. The number of rotatable bonds is 10. The average Bonchev–Trinajstić information content (AvgIpc) is 2.38. The Bertz CT molecular complexity index is 273. The van der Waals surface area contributed by atoms with E-state index in [-0.39, 0.29) is 5.92 Å².